The molecule has 8 heteroatoms. The smallest absolute Gasteiger partial charge is 0.224 e. The summed E-state index contributed by atoms with van der Waals surface area (Å²) in [5.74, 6) is 1.38. The number of thiazole rings is 1. The minimum absolute atomic E-state index is 0.0687. The summed E-state index contributed by atoms with van der Waals surface area (Å²) in [5.41, 5.74) is 4.64. The third-order valence-corrected chi connectivity index (χ3v) is 7.23. The fraction of sp³-hybridized carbons (Fsp3) is 0.346. The van der Waals surface area contributed by atoms with E-state index in [-0.39, 0.29) is 30.4 Å². The van der Waals surface area contributed by atoms with E-state index in [1.165, 1.54) is 0 Å². The summed E-state index contributed by atoms with van der Waals surface area (Å²) in [6.07, 6.45) is 1.05. The molecule has 2 aromatic carbocycles. The Balaban J connectivity index is 1.32. The zero-order valence-corrected chi connectivity index (χ0v) is 19.8. The molecule has 2 aliphatic rings. The predicted molar refractivity (Wildman–Crippen MR) is 129 cm³/mol. The molecule has 0 spiro atoms. The Morgan fingerprint density at radius 3 is 2.68 bits per heavy atom. The second-order valence-corrected chi connectivity index (χ2v) is 9.70. The van der Waals surface area contributed by atoms with Crippen molar-refractivity contribution in [3.63, 3.8) is 0 Å². The highest BCUT2D eigenvalue weighted by Gasteiger charge is 2.37. The molecule has 1 fully saturated rings. The molecule has 3 heterocycles. The molecule has 34 heavy (non-hydrogen) atoms. The number of aromatic nitrogens is 1. The maximum absolute atomic E-state index is 13.0. The fourth-order valence-electron chi connectivity index (χ4n) is 4.43. The quantitative estimate of drug-likeness (QED) is 0.623. The van der Waals surface area contributed by atoms with E-state index in [1.807, 2.05) is 65.9 Å². The average Bonchev–Trinajstić information content (AvgIpc) is 3.41. The monoisotopic (exact) mass is 477 g/mol. The highest BCUT2D eigenvalue weighted by Crippen LogP contribution is 2.25. The van der Waals surface area contributed by atoms with Crippen LogP contribution in [0.3, 0.4) is 0 Å². The predicted octanol–water partition coefficient (Wildman–Crippen LogP) is 3.64. The lowest BCUT2D eigenvalue weighted by molar-refractivity contribution is -0.130. The van der Waals surface area contributed by atoms with E-state index in [4.69, 9.17) is 9.47 Å². The van der Waals surface area contributed by atoms with Gasteiger partial charge in [0.1, 0.15) is 11.5 Å². The fourth-order valence-corrected chi connectivity index (χ4v) is 5.21. The summed E-state index contributed by atoms with van der Waals surface area (Å²) >= 11 is 1.58. The number of likely N-dealkylation sites (tertiary alicyclic amines) is 1. The lowest BCUT2D eigenvalue weighted by atomic mass is 10.1. The van der Waals surface area contributed by atoms with Gasteiger partial charge in [-0.25, -0.2) is 4.98 Å². The van der Waals surface area contributed by atoms with Crippen molar-refractivity contribution in [3.05, 3.63) is 75.7 Å². The van der Waals surface area contributed by atoms with Crippen molar-refractivity contribution >= 4 is 23.2 Å². The van der Waals surface area contributed by atoms with Crippen LogP contribution < -0.4 is 10.1 Å². The zero-order chi connectivity index (χ0) is 23.5. The largest absolute Gasteiger partial charge is 0.457 e. The molecule has 3 aromatic rings. The summed E-state index contributed by atoms with van der Waals surface area (Å²) < 4.78 is 12.2. The first kappa shape index (κ1) is 22.6. The summed E-state index contributed by atoms with van der Waals surface area (Å²) in [5, 5.41) is 3.11. The molecule has 1 aromatic heterocycles. The number of rotatable bonds is 3. The van der Waals surface area contributed by atoms with E-state index in [0.29, 0.717) is 38.3 Å². The van der Waals surface area contributed by atoms with Gasteiger partial charge < -0.3 is 19.7 Å². The summed E-state index contributed by atoms with van der Waals surface area (Å²) in [6.45, 7) is 3.24. The third-order valence-electron chi connectivity index (χ3n) is 6.24. The lowest BCUT2D eigenvalue weighted by Gasteiger charge is -2.21. The van der Waals surface area contributed by atoms with Crippen LogP contribution in [0, 0.1) is 6.92 Å². The number of carbonyl (C=O) groups is 2. The molecule has 7 nitrogen and oxygen atoms in total. The molecule has 0 unspecified atom stereocenters. The highest BCUT2D eigenvalue weighted by molar-refractivity contribution is 7.09. The molecule has 176 valence electrons. The molecule has 0 radical (unpaired) electrons. The van der Waals surface area contributed by atoms with Crippen LogP contribution >= 0.6 is 11.3 Å². The molecule has 2 aliphatic heterocycles. The molecule has 1 N–H and O–H groups in total. The maximum Gasteiger partial charge on any atom is 0.224 e. The van der Waals surface area contributed by atoms with Crippen molar-refractivity contribution in [2.24, 2.45) is 0 Å². The van der Waals surface area contributed by atoms with Crippen molar-refractivity contribution < 1.29 is 19.1 Å². The first-order valence-electron chi connectivity index (χ1n) is 11.5. The van der Waals surface area contributed by atoms with E-state index in [0.717, 1.165) is 27.4 Å². The van der Waals surface area contributed by atoms with Gasteiger partial charge in [-0.15, -0.1) is 11.3 Å². The van der Waals surface area contributed by atoms with Gasteiger partial charge in [-0.2, -0.15) is 0 Å². The van der Waals surface area contributed by atoms with Gasteiger partial charge in [0.05, 0.1) is 36.4 Å². The SMILES string of the molecule is Cc1ncsc1CCC(=O)N1C[C@@H]2NC(=O)Cc3cccc(c3)Oc3cccc(c3)CO[C@H]2C1. The Labute approximate surface area is 202 Å². The van der Waals surface area contributed by atoms with E-state index < -0.39 is 0 Å². The number of nitrogens with one attached hydrogen (secondary N) is 1. The summed E-state index contributed by atoms with van der Waals surface area (Å²) in [6, 6.07) is 15.1. The Morgan fingerprint density at radius 1 is 1.15 bits per heavy atom. The molecule has 2 amide bonds. The van der Waals surface area contributed by atoms with Gasteiger partial charge in [0.15, 0.2) is 0 Å². The molecule has 1 saturated heterocycles. The van der Waals surface area contributed by atoms with Crippen LogP contribution in [0.25, 0.3) is 0 Å². The zero-order valence-electron chi connectivity index (χ0n) is 19.0. The molecular weight excluding hydrogens is 450 g/mol. The van der Waals surface area contributed by atoms with Gasteiger partial charge in [-0.05, 0) is 48.7 Å². The number of carbonyl (C=O) groups excluding carboxylic acids is 2. The summed E-state index contributed by atoms with van der Waals surface area (Å²) in [4.78, 5) is 33.0. The molecular formula is C26H27N3O4S. The molecule has 4 bridgehead atoms. The number of hydrogen-bond acceptors (Lipinski definition) is 6. The van der Waals surface area contributed by atoms with Gasteiger partial charge in [-0.3, -0.25) is 9.59 Å². The van der Waals surface area contributed by atoms with Gasteiger partial charge in [0.25, 0.3) is 0 Å². The maximum atomic E-state index is 13.0. The average molecular weight is 478 g/mol. The second-order valence-electron chi connectivity index (χ2n) is 8.76. The van der Waals surface area contributed by atoms with Crippen molar-refractivity contribution in [1.82, 2.24) is 15.2 Å². The second kappa shape index (κ2) is 9.95. The highest BCUT2D eigenvalue weighted by atomic mass is 32.1. The van der Waals surface area contributed by atoms with Crippen molar-refractivity contribution in [1.29, 1.82) is 0 Å². The lowest BCUT2D eigenvalue weighted by Crippen LogP contribution is -2.44. The normalized spacial score (nSPS) is 20.1. The Bertz CT molecular complexity index is 1190. The van der Waals surface area contributed by atoms with E-state index in [1.54, 1.807) is 11.3 Å². The van der Waals surface area contributed by atoms with Gasteiger partial charge >= 0.3 is 0 Å². The van der Waals surface area contributed by atoms with Crippen molar-refractivity contribution in [2.75, 3.05) is 13.1 Å². The minimum atomic E-state index is -0.281. The molecule has 2 atom stereocenters. The number of benzene rings is 2. The Morgan fingerprint density at radius 2 is 1.91 bits per heavy atom. The van der Waals surface area contributed by atoms with E-state index in [9.17, 15) is 9.59 Å². The number of amides is 2. The van der Waals surface area contributed by atoms with Crippen LogP contribution in [0.2, 0.25) is 0 Å². The Kier molecular flexibility index (Phi) is 6.60. The van der Waals surface area contributed by atoms with Crippen molar-refractivity contribution in [2.45, 2.75) is 44.9 Å². The van der Waals surface area contributed by atoms with Crippen LogP contribution in [-0.4, -0.2) is 46.9 Å². The first-order valence-corrected chi connectivity index (χ1v) is 12.3. The van der Waals surface area contributed by atoms with Gasteiger partial charge in [-0.1, -0.05) is 24.3 Å². The van der Waals surface area contributed by atoms with Crippen LogP contribution in [0.5, 0.6) is 11.5 Å². The van der Waals surface area contributed by atoms with Crippen LogP contribution in [0.15, 0.2) is 54.0 Å². The number of ether oxygens (including phenoxy) is 2. The van der Waals surface area contributed by atoms with Crippen LogP contribution in [0.1, 0.15) is 28.1 Å². The number of hydrogen-bond donors (Lipinski definition) is 1. The molecule has 5 rings (SSSR count). The van der Waals surface area contributed by atoms with Crippen molar-refractivity contribution in [3.8, 4) is 11.5 Å². The standard InChI is InChI=1S/C26H27N3O4S/c1-17-24(34-16-27-17)8-9-26(31)29-13-22-23(14-29)32-15-19-5-3-7-21(11-19)33-20-6-2-4-18(10-20)12-25(30)28-22/h2-7,10-11,16,22-23H,8-9,12-15H2,1H3,(H,28,30)/t22-,23-/m0/s1. The summed E-state index contributed by atoms with van der Waals surface area (Å²) in [7, 11) is 0. The molecule has 0 aliphatic carbocycles. The van der Waals surface area contributed by atoms with Crippen LogP contribution in [0.4, 0.5) is 0 Å². The molecule has 0 saturated carbocycles. The topological polar surface area (TPSA) is 80.8 Å². The van der Waals surface area contributed by atoms with Gasteiger partial charge in [0, 0.05) is 24.4 Å². The number of nitrogens with zero attached hydrogens (tertiary/aromatic N) is 2. The van der Waals surface area contributed by atoms with E-state index >= 15 is 0 Å². The Hall–Kier alpha value is -3.23. The van der Waals surface area contributed by atoms with E-state index in [2.05, 4.69) is 10.3 Å². The number of fused-ring (bicyclic) bond motifs is 5. The van der Waals surface area contributed by atoms with Gasteiger partial charge in [0.2, 0.25) is 11.8 Å². The number of aryl methyl sites for hydroxylation is 2. The van der Waals surface area contributed by atoms with Crippen LogP contribution in [-0.2, 0) is 33.8 Å². The first-order chi connectivity index (χ1) is 16.5. The minimum Gasteiger partial charge on any atom is -0.457 e. The third kappa shape index (κ3) is 5.29.